The van der Waals surface area contributed by atoms with Gasteiger partial charge in [0.2, 0.25) is 0 Å². The zero-order valence-corrected chi connectivity index (χ0v) is 9.08. The molecule has 0 saturated carbocycles. The maximum Gasteiger partial charge on any atom is 0.316 e. The average Bonchev–Trinajstić information content (AvgIpc) is 2.23. The third kappa shape index (κ3) is 2.48. The molecule has 1 aromatic rings. The van der Waals surface area contributed by atoms with Crippen LogP contribution in [0.15, 0.2) is 18.2 Å². The number of phenolic OH excluding ortho intramolecular Hbond substituents is 1. The van der Waals surface area contributed by atoms with Crippen molar-refractivity contribution in [3.05, 3.63) is 23.8 Å². The zero-order chi connectivity index (χ0) is 12.3. The number of hydrogen-bond acceptors (Lipinski definition) is 2. The van der Waals surface area contributed by atoms with Crippen molar-refractivity contribution in [2.24, 2.45) is 0 Å². The highest BCUT2D eigenvalue weighted by molar-refractivity contribution is 5.96. The van der Waals surface area contributed by atoms with Crippen LogP contribution in [0.1, 0.15) is 12.5 Å². The van der Waals surface area contributed by atoms with E-state index >= 15 is 0 Å². The number of aryl methyl sites for hydroxylation is 1. The molecule has 1 N–H and O–H groups in total. The molecule has 0 heterocycles. The van der Waals surface area contributed by atoms with E-state index in [1.54, 1.807) is 19.9 Å². The first-order valence-corrected chi connectivity index (χ1v) is 4.86. The minimum absolute atomic E-state index is 0.0545. The van der Waals surface area contributed by atoms with Gasteiger partial charge in [0, 0.05) is 12.6 Å². The molecular formula is C11H13F2NO2. The molecule has 0 aromatic heterocycles. The van der Waals surface area contributed by atoms with Gasteiger partial charge in [0.05, 0.1) is 5.69 Å². The highest BCUT2D eigenvalue weighted by atomic mass is 19.3. The van der Waals surface area contributed by atoms with Crippen LogP contribution in [-0.2, 0) is 4.79 Å². The molecule has 0 aliphatic carbocycles. The van der Waals surface area contributed by atoms with E-state index in [0.29, 0.717) is 11.3 Å². The van der Waals surface area contributed by atoms with E-state index in [-0.39, 0.29) is 12.3 Å². The van der Waals surface area contributed by atoms with Crippen LogP contribution in [0.3, 0.4) is 0 Å². The van der Waals surface area contributed by atoms with Crippen LogP contribution in [0.2, 0.25) is 0 Å². The van der Waals surface area contributed by atoms with Crippen LogP contribution in [-0.4, -0.2) is 24.0 Å². The second-order valence-corrected chi connectivity index (χ2v) is 3.35. The van der Waals surface area contributed by atoms with Gasteiger partial charge in [-0.1, -0.05) is 6.07 Å². The monoisotopic (exact) mass is 229 g/mol. The van der Waals surface area contributed by atoms with Crippen molar-refractivity contribution in [3.63, 3.8) is 0 Å². The number of hydrogen-bond donors (Lipinski definition) is 1. The number of alkyl halides is 2. The van der Waals surface area contributed by atoms with Gasteiger partial charge in [0.15, 0.2) is 0 Å². The Labute approximate surface area is 92.3 Å². The molecule has 0 atom stereocenters. The lowest BCUT2D eigenvalue weighted by Gasteiger charge is -2.22. The molecule has 0 unspecified atom stereocenters. The van der Waals surface area contributed by atoms with Crippen LogP contribution in [0.25, 0.3) is 0 Å². The molecular weight excluding hydrogens is 216 g/mol. The van der Waals surface area contributed by atoms with E-state index in [4.69, 9.17) is 0 Å². The molecule has 0 fully saturated rings. The van der Waals surface area contributed by atoms with Gasteiger partial charge in [-0.05, 0) is 25.5 Å². The van der Waals surface area contributed by atoms with Crippen molar-refractivity contribution in [2.45, 2.75) is 20.3 Å². The van der Waals surface area contributed by atoms with Gasteiger partial charge < -0.3 is 10.0 Å². The summed E-state index contributed by atoms with van der Waals surface area (Å²) in [5.74, 6) is -1.31. The highest BCUT2D eigenvalue weighted by Gasteiger charge is 2.24. The quantitative estimate of drug-likeness (QED) is 0.864. The van der Waals surface area contributed by atoms with Crippen LogP contribution < -0.4 is 4.90 Å². The van der Waals surface area contributed by atoms with E-state index in [1.165, 1.54) is 12.1 Å². The van der Waals surface area contributed by atoms with E-state index in [9.17, 15) is 18.7 Å². The molecule has 1 rings (SSSR count). The Morgan fingerprint density at radius 1 is 1.50 bits per heavy atom. The number of carbonyl (C=O) groups excluding carboxylic acids is 1. The van der Waals surface area contributed by atoms with Crippen LogP contribution in [0.5, 0.6) is 5.75 Å². The Balaban J connectivity index is 3.13. The van der Waals surface area contributed by atoms with Crippen LogP contribution in [0.4, 0.5) is 14.5 Å². The summed E-state index contributed by atoms with van der Waals surface area (Å²) >= 11 is 0. The Morgan fingerprint density at radius 3 is 2.62 bits per heavy atom. The average molecular weight is 229 g/mol. The highest BCUT2D eigenvalue weighted by Crippen LogP contribution is 2.25. The lowest BCUT2D eigenvalue weighted by molar-refractivity contribution is -0.128. The Kier molecular flexibility index (Phi) is 3.82. The summed E-state index contributed by atoms with van der Waals surface area (Å²) in [6.45, 7) is 3.42. The predicted molar refractivity (Wildman–Crippen MR) is 56.9 cm³/mol. The number of aromatic hydroxyl groups is 1. The maximum absolute atomic E-state index is 12.3. The number of nitrogens with zero attached hydrogens (tertiary/aromatic N) is 1. The molecule has 0 aliphatic rings. The fraction of sp³-hybridized carbons (Fsp3) is 0.364. The van der Waals surface area contributed by atoms with Crippen LogP contribution in [0, 0.1) is 6.92 Å². The molecule has 0 bridgehead atoms. The number of benzene rings is 1. The van der Waals surface area contributed by atoms with E-state index in [0.717, 1.165) is 4.90 Å². The topological polar surface area (TPSA) is 40.5 Å². The van der Waals surface area contributed by atoms with Gasteiger partial charge >= 0.3 is 6.43 Å². The Bertz CT molecular complexity index is 394. The van der Waals surface area contributed by atoms with Crippen molar-refractivity contribution in [3.8, 4) is 5.75 Å². The zero-order valence-electron chi connectivity index (χ0n) is 9.08. The minimum atomic E-state index is -3.04. The number of anilines is 1. The lowest BCUT2D eigenvalue weighted by atomic mass is 10.1. The molecule has 5 heteroatoms. The summed E-state index contributed by atoms with van der Waals surface area (Å²) in [4.78, 5) is 12.2. The Hall–Kier alpha value is -1.65. The number of amides is 1. The Morgan fingerprint density at radius 2 is 2.12 bits per heavy atom. The predicted octanol–water partition coefficient (Wildman–Crippen LogP) is 2.32. The summed E-state index contributed by atoms with van der Waals surface area (Å²) in [6, 6.07) is 4.32. The van der Waals surface area contributed by atoms with E-state index in [2.05, 4.69) is 0 Å². The first kappa shape index (κ1) is 12.4. The van der Waals surface area contributed by atoms with Gasteiger partial charge in [-0.3, -0.25) is 4.79 Å². The largest absolute Gasteiger partial charge is 0.508 e. The van der Waals surface area contributed by atoms with Gasteiger partial charge in [-0.2, -0.15) is 8.78 Å². The molecule has 0 saturated heterocycles. The normalized spacial score (nSPS) is 10.6. The molecule has 1 aromatic carbocycles. The SMILES string of the molecule is CCN(C(=O)C(F)F)c1cc(O)ccc1C. The van der Waals surface area contributed by atoms with Gasteiger partial charge in [-0.25, -0.2) is 0 Å². The molecule has 88 valence electrons. The summed E-state index contributed by atoms with van der Waals surface area (Å²) in [7, 11) is 0. The molecule has 0 aliphatic heterocycles. The van der Waals surface area contributed by atoms with Crippen molar-refractivity contribution in [1.29, 1.82) is 0 Å². The molecule has 16 heavy (non-hydrogen) atoms. The first-order valence-electron chi connectivity index (χ1n) is 4.86. The fourth-order valence-corrected chi connectivity index (χ4v) is 1.45. The summed E-state index contributed by atoms with van der Waals surface area (Å²) in [5.41, 5.74) is 0.974. The second kappa shape index (κ2) is 4.92. The standard InChI is InChI=1S/C11H13F2NO2/c1-3-14(11(16)10(12)13)9-6-8(15)5-4-7(9)2/h4-6,10,15H,3H2,1-2H3. The number of rotatable bonds is 3. The third-order valence-electron chi connectivity index (χ3n) is 2.25. The summed E-state index contributed by atoms with van der Waals surface area (Å²) in [5, 5.41) is 9.28. The third-order valence-corrected chi connectivity index (χ3v) is 2.25. The first-order chi connectivity index (χ1) is 7.47. The summed E-state index contributed by atoms with van der Waals surface area (Å²) in [6.07, 6.45) is -3.04. The molecule has 1 amide bonds. The second-order valence-electron chi connectivity index (χ2n) is 3.35. The van der Waals surface area contributed by atoms with Crippen molar-refractivity contribution in [2.75, 3.05) is 11.4 Å². The lowest BCUT2D eigenvalue weighted by Crippen LogP contribution is -2.35. The number of carbonyl (C=O) groups is 1. The minimum Gasteiger partial charge on any atom is -0.508 e. The summed E-state index contributed by atoms with van der Waals surface area (Å²) < 4.78 is 24.7. The van der Waals surface area contributed by atoms with Crippen molar-refractivity contribution >= 4 is 11.6 Å². The molecule has 3 nitrogen and oxygen atoms in total. The van der Waals surface area contributed by atoms with Crippen LogP contribution >= 0.6 is 0 Å². The van der Waals surface area contributed by atoms with Crippen molar-refractivity contribution in [1.82, 2.24) is 0 Å². The number of phenols is 1. The van der Waals surface area contributed by atoms with Crippen molar-refractivity contribution < 1.29 is 18.7 Å². The molecule has 0 radical (unpaired) electrons. The van der Waals surface area contributed by atoms with Gasteiger partial charge in [0.1, 0.15) is 5.75 Å². The molecule has 0 spiro atoms. The fourth-order valence-electron chi connectivity index (χ4n) is 1.45. The smallest absolute Gasteiger partial charge is 0.316 e. The van der Waals surface area contributed by atoms with E-state index < -0.39 is 12.3 Å². The maximum atomic E-state index is 12.3. The van der Waals surface area contributed by atoms with E-state index in [1.807, 2.05) is 0 Å². The number of halogens is 2. The van der Waals surface area contributed by atoms with Gasteiger partial charge in [0.25, 0.3) is 5.91 Å². The van der Waals surface area contributed by atoms with Gasteiger partial charge in [-0.15, -0.1) is 0 Å².